The zero-order valence-corrected chi connectivity index (χ0v) is 14.6. The number of phenols is 4. The Kier molecular flexibility index (Phi) is 3.58. The summed E-state index contributed by atoms with van der Waals surface area (Å²) in [5.74, 6) is -0.0114. The maximum atomic E-state index is 10.7. The Balaban J connectivity index is 2.01. The van der Waals surface area contributed by atoms with Crippen molar-refractivity contribution < 1.29 is 20.4 Å². The van der Waals surface area contributed by atoms with Gasteiger partial charge in [-0.05, 0) is 60.9 Å². The molecule has 0 amide bonds. The van der Waals surface area contributed by atoms with Gasteiger partial charge in [0.05, 0.1) is 0 Å². The van der Waals surface area contributed by atoms with Crippen molar-refractivity contribution in [3.63, 3.8) is 0 Å². The lowest BCUT2D eigenvalue weighted by atomic mass is 9.77. The van der Waals surface area contributed by atoms with Gasteiger partial charge >= 0.3 is 0 Å². The Bertz CT molecular complexity index is 1000. The monoisotopic (exact) mass is 348 g/mol. The molecule has 0 saturated carbocycles. The van der Waals surface area contributed by atoms with Crippen molar-refractivity contribution in [3.8, 4) is 23.0 Å². The fourth-order valence-corrected chi connectivity index (χ4v) is 4.24. The summed E-state index contributed by atoms with van der Waals surface area (Å²) in [6.07, 6.45) is 0. The molecule has 2 bridgehead atoms. The minimum absolute atomic E-state index is 0.0878. The van der Waals surface area contributed by atoms with E-state index in [-0.39, 0.29) is 34.8 Å². The molecule has 0 radical (unpaired) electrons. The van der Waals surface area contributed by atoms with Crippen LogP contribution in [0.5, 0.6) is 23.0 Å². The fourth-order valence-electron chi connectivity index (χ4n) is 4.24. The minimum Gasteiger partial charge on any atom is -0.508 e. The molecule has 26 heavy (non-hydrogen) atoms. The van der Waals surface area contributed by atoms with Crippen LogP contribution in [-0.4, -0.2) is 20.4 Å². The smallest absolute Gasteiger partial charge is 0.123 e. The van der Waals surface area contributed by atoms with Crippen molar-refractivity contribution in [2.24, 2.45) is 0 Å². The third-order valence-corrected chi connectivity index (χ3v) is 5.36. The van der Waals surface area contributed by atoms with Crippen molar-refractivity contribution in [3.05, 3.63) is 81.9 Å². The van der Waals surface area contributed by atoms with E-state index in [1.165, 1.54) is 0 Å². The highest BCUT2D eigenvalue weighted by Gasteiger charge is 2.41. The second-order valence-electron chi connectivity index (χ2n) is 6.98. The van der Waals surface area contributed by atoms with Crippen LogP contribution in [0.1, 0.15) is 45.2 Å². The molecule has 2 atom stereocenters. The Labute approximate surface area is 151 Å². The van der Waals surface area contributed by atoms with Gasteiger partial charge in [-0.2, -0.15) is 0 Å². The van der Waals surface area contributed by atoms with Gasteiger partial charge in [0, 0.05) is 28.5 Å². The summed E-state index contributed by atoms with van der Waals surface area (Å²) in [4.78, 5) is 0. The molecule has 1 aliphatic rings. The average Bonchev–Trinajstić information content (AvgIpc) is 2.73. The predicted octanol–water partition coefficient (Wildman–Crippen LogP) is 4.40. The molecule has 0 fully saturated rings. The summed E-state index contributed by atoms with van der Waals surface area (Å²) >= 11 is 0. The van der Waals surface area contributed by atoms with Crippen LogP contribution in [0.15, 0.2) is 48.5 Å². The number of aryl methyl sites for hydroxylation is 2. The van der Waals surface area contributed by atoms with Crippen LogP contribution in [0, 0.1) is 13.8 Å². The summed E-state index contributed by atoms with van der Waals surface area (Å²) in [5, 5.41) is 41.2. The van der Waals surface area contributed by atoms with E-state index in [0.717, 1.165) is 22.3 Å². The van der Waals surface area contributed by atoms with E-state index in [1.807, 2.05) is 26.0 Å². The maximum Gasteiger partial charge on any atom is 0.123 e. The van der Waals surface area contributed by atoms with Crippen LogP contribution in [0.3, 0.4) is 0 Å². The number of aromatic hydroxyl groups is 4. The molecule has 4 heteroatoms. The van der Waals surface area contributed by atoms with Crippen LogP contribution in [0.4, 0.5) is 0 Å². The Morgan fingerprint density at radius 2 is 1.35 bits per heavy atom. The van der Waals surface area contributed by atoms with E-state index in [4.69, 9.17) is 0 Å². The molecule has 132 valence electrons. The first kappa shape index (κ1) is 16.3. The van der Waals surface area contributed by atoms with Crippen molar-refractivity contribution >= 4 is 0 Å². The quantitative estimate of drug-likeness (QED) is 0.517. The highest BCUT2D eigenvalue weighted by molar-refractivity contribution is 5.65. The van der Waals surface area contributed by atoms with Crippen molar-refractivity contribution in [1.29, 1.82) is 0 Å². The van der Waals surface area contributed by atoms with E-state index >= 15 is 0 Å². The second kappa shape index (κ2) is 5.70. The number of phenolic OH excluding ortho intramolecular Hbond substituents is 4. The summed E-state index contributed by atoms with van der Waals surface area (Å²) in [5.41, 5.74) is 4.70. The molecule has 0 aromatic heterocycles. The molecule has 3 aromatic rings. The van der Waals surface area contributed by atoms with E-state index in [2.05, 4.69) is 0 Å². The van der Waals surface area contributed by atoms with Crippen LogP contribution >= 0.6 is 0 Å². The van der Waals surface area contributed by atoms with Gasteiger partial charge in [-0.3, -0.25) is 0 Å². The molecule has 2 unspecified atom stereocenters. The largest absolute Gasteiger partial charge is 0.508 e. The lowest BCUT2D eigenvalue weighted by Crippen LogP contribution is -2.11. The molecule has 4 rings (SSSR count). The zero-order chi connectivity index (χ0) is 18.6. The summed E-state index contributed by atoms with van der Waals surface area (Å²) in [6.45, 7) is 3.83. The molecular weight excluding hydrogens is 328 g/mol. The van der Waals surface area contributed by atoms with Crippen molar-refractivity contribution in [1.82, 2.24) is 0 Å². The highest BCUT2D eigenvalue weighted by Crippen LogP contribution is 2.58. The molecule has 3 aromatic carbocycles. The van der Waals surface area contributed by atoms with Crippen LogP contribution < -0.4 is 0 Å². The summed E-state index contributed by atoms with van der Waals surface area (Å²) < 4.78 is 0. The van der Waals surface area contributed by atoms with Crippen LogP contribution in [-0.2, 0) is 0 Å². The van der Waals surface area contributed by atoms with Crippen LogP contribution in [0.25, 0.3) is 0 Å². The van der Waals surface area contributed by atoms with Gasteiger partial charge < -0.3 is 20.4 Å². The topological polar surface area (TPSA) is 80.9 Å². The SMILES string of the molecule is Cc1cc(O)ccc1C1c2cc(O)cc(c2O)C1c1c(C)cccc1O. The number of fused-ring (bicyclic) bond motifs is 2. The van der Waals surface area contributed by atoms with Gasteiger partial charge in [0.1, 0.15) is 23.0 Å². The van der Waals surface area contributed by atoms with Gasteiger partial charge in [-0.15, -0.1) is 0 Å². The normalized spacial score (nSPS) is 18.2. The molecule has 0 heterocycles. The molecular formula is C22H20O4. The Morgan fingerprint density at radius 1 is 0.654 bits per heavy atom. The van der Waals surface area contributed by atoms with E-state index in [9.17, 15) is 20.4 Å². The third-order valence-electron chi connectivity index (χ3n) is 5.36. The number of rotatable bonds is 2. The molecule has 4 N–H and O–H groups in total. The molecule has 1 aliphatic carbocycles. The zero-order valence-electron chi connectivity index (χ0n) is 14.6. The Morgan fingerprint density at radius 3 is 2.00 bits per heavy atom. The Hall–Kier alpha value is -3.14. The lowest BCUT2D eigenvalue weighted by molar-refractivity contribution is 0.454. The molecule has 0 aliphatic heterocycles. The lowest BCUT2D eigenvalue weighted by Gasteiger charge is -2.25. The molecule has 0 saturated heterocycles. The average molecular weight is 348 g/mol. The maximum absolute atomic E-state index is 10.7. The predicted molar refractivity (Wildman–Crippen MR) is 99.1 cm³/mol. The minimum atomic E-state index is -0.324. The first-order chi connectivity index (χ1) is 12.4. The van der Waals surface area contributed by atoms with E-state index in [0.29, 0.717) is 11.1 Å². The van der Waals surface area contributed by atoms with Gasteiger partial charge in [0.25, 0.3) is 0 Å². The van der Waals surface area contributed by atoms with Gasteiger partial charge in [0.2, 0.25) is 0 Å². The summed E-state index contributed by atoms with van der Waals surface area (Å²) in [7, 11) is 0. The molecule has 4 nitrogen and oxygen atoms in total. The van der Waals surface area contributed by atoms with Crippen molar-refractivity contribution in [2.45, 2.75) is 25.7 Å². The van der Waals surface area contributed by atoms with Gasteiger partial charge in [-0.25, -0.2) is 0 Å². The molecule has 0 spiro atoms. The van der Waals surface area contributed by atoms with E-state index in [1.54, 1.807) is 36.4 Å². The van der Waals surface area contributed by atoms with Crippen molar-refractivity contribution in [2.75, 3.05) is 0 Å². The number of hydrogen-bond acceptors (Lipinski definition) is 4. The fraction of sp³-hybridized carbons (Fsp3) is 0.182. The van der Waals surface area contributed by atoms with Gasteiger partial charge in [-0.1, -0.05) is 18.2 Å². The van der Waals surface area contributed by atoms with E-state index < -0.39 is 0 Å². The highest BCUT2D eigenvalue weighted by atomic mass is 16.3. The second-order valence-corrected chi connectivity index (χ2v) is 6.98. The standard InChI is InChI=1S/C22H20O4/c1-11-4-3-5-18(25)19(11)21-17-10-14(24)9-16(22(17)26)20(21)15-7-6-13(23)8-12(15)2/h3-10,20-21,23-26H,1-2H3. The number of hydrogen-bond donors (Lipinski definition) is 4. The summed E-state index contributed by atoms with van der Waals surface area (Å²) in [6, 6.07) is 13.6. The number of benzene rings is 3. The van der Waals surface area contributed by atoms with Gasteiger partial charge in [0.15, 0.2) is 0 Å². The first-order valence-electron chi connectivity index (χ1n) is 8.52. The third kappa shape index (κ3) is 2.30. The van der Waals surface area contributed by atoms with Crippen LogP contribution in [0.2, 0.25) is 0 Å². The first-order valence-corrected chi connectivity index (χ1v) is 8.52.